The lowest BCUT2D eigenvalue weighted by Gasteiger charge is -2.35. The van der Waals surface area contributed by atoms with Crippen LogP contribution in [0, 0.1) is 19.8 Å². The van der Waals surface area contributed by atoms with Gasteiger partial charge in [-0.1, -0.05) is 30.3 Å². The van der Waals surface area contributed by atoms with Crippen molar-refractivity contribution in [3.05, 3.63) is 65.5 Å². The summed E-state index contributed by atoms with van der Waals surface area (Å²) in [7, 11) is 0. The number of hydrogen-bond acceptors (Lipinski definition) is 5. The van der Waals surface area contributed by atoms with E-state index in [1.807, 2.05) is 62.1 Å². The zero-order valence-corrected chi connectivity index (χ0v) is 18.5. The summed E-state index contributed by atoms with van der Waals surface area (Å²) in [5.41, 5.74) is 3.15. The molecule has 1 aromatic carbocycles. The van der Waals surface area contributed by atoms with Gasteiger partial charge in [-0.3, -0.25) is 4.79 Å². The van der Waals surface area contributed by atoms with Gasteiger partial charge in [-0.15, -0.1) is 10.2 Å². The van der Waals surface area contributed by atoms with Gasteiger partial charge < -0.3 is 9.80 Å². The zero-order valence-electron chi connectivity index (χ0n) is 18.5. The Balaban J connectivity index is 1.44. The summed E-state index contributed by atoms with van der Waals surface area (Å²) in [5.74, 6) is 1.73. The lowest BCUT2D eigenvalue weighted by atomic mass is 9.96. The van der Waals surface area contributed by atoms with E-state index in [9.17, 15) is 4.79 Å². The van der Waals surface area contributed by atoms with Crippen LogP contribution in [-0.4, -0.2) is 50.4 Å². The van der Waals surface area contributed by atoms with E-state index in [1.54, 1.807) is 4.68 Å². The summed E-state index contributed by atoms with van der Waals surface area (Å²) >= 11 is 0. The van der Waals surface area contributed by atoms with Crippen LogP contribution < -0.4 is 4.90 Å². The highest BCUT2D eigenvalue weighted by atomic mass is 16.2. The molecule has 7 nitrogen and oxygen atoms in total. The summed E-state index contributed by atoms with van der Waals surface area (Å²) in [4.78, 5) is 17.4. The number of aryl methyl sites for hydroxylation is 2. The van der Waals surface area contributed by atoms with Gasteiger partial charge >= 0.3 is 0 Å². The van der Waals surface area contributed by atoms with Gasteiger partial charge in [0.1, 0.15) is 0 Å². The minimum atomic E-state index is -0.0186. The summed E-state index contributed by atoms with van der Waals surface area (Å²) in [6.07, 6.45) is 1.89. The van der Waals surface area contributed by atoms with Crippen molar-refractivity contribution in [3.8, 4) is 5.82 Å². The van der Waals surface area contributed by atoms with Crippen molar-refractivity contribution in [2.24, 2.45) is 5.92 Å². The molecule has 3 heterocycles. The minimum absolute atomic E-state index is 0.0186. The predicted molar refractivity (Wildman–Crippen MR) is 121 cm³/mol. The molecule has 31 heavy (non-hydrogen) atoms. The fourth-order valence-electron chi connectivity index (χ4n) is 4.26. The van der Waals surface area contributed by atoms with Crippen LogP contribution >= 0.6 is 0 Å². The van der Waals surface area contributed by atoms with Crippen molar-refractivity contribution in [3.63, 3.8) is 0 Å². The Kier molecular flexibility index (Phi) is 6.30. The molecule has 162 valence electrons. The number of anilines is 1. The number of rotatable bonds is 6. The molecule has 4 rings (SSSR count). The van der Waals surface area contributed by atoms with Crippen molar-refractivity contribution in [1.82, 2.24) is 24.9 Å². The van der Waals surface area contributed by atoms with Crippen LogP contribution in [0.4, 0.5) is 5.82 Å². The van der Waals surface area contributed by atoms with Crippen molar-refractivity contribution in [1.29, 1.82) is 0 Å². The molecule has 0 saturated carbocycles. The van der Waals surface area contributed by atoms with E-state index in [4.69, 9.17) is 0 Å². The van der Waals surface area contributed by atoms with Crippen molar-refractivity contribution < 1.29 is 4.79 Å². The standard InChI is InChI=1S/C24H30N6O/c1-4-28(16-20-9-6-5-7-10-20)24(31)21-11-8-14-29(17-21)22-12-13-23(26-25-22)30-19(3)15-18(2)27-30/h5-7,9-10,12-13,15,21H,4,8,11,14,16-17H2,1-3H3. The SMILES string of the molecule is CCN(Cc1ccccc1)C(=O)C1CCCN(c2ccc(-n3nc(C)cc3C)nn2)C1. The van der Waals surface area contributed by atoms with Gasteiger partial charge in [-0.2, -0.15) is 5.10 Å². The Morgan fingerprint density at radius 1 is 1.10 bits per heavy atom. The zero-order chi connectivity index (χ0) is 21.8. The Labute approximate surface area is 183 Å². The highest BCUT2D eigenvalue weighted by Crippen LogP contribution is 2.24. The molecule has 3 aromatic rings. The van der Waals surface area contributed by atoms with Gasteiger partial charge in [0.15, 0.2) is 11.6 Å². The molecule has 0 N–H and O–H groups in total. The van der Waals surface area contributed by atoms with Crippen LogP contribution in [0.2, 0.25) is 0 Å². The van der Waals surface area contributed by atoms with E-state index in [-0.39, 0.29) is 11.8 Å². The molecule has 1 fully saturated rings. The molecule has 1 aliphatic rings. The number of carbonyl (C=O) groups is 1. The van der Waals surface area contributed by atoms with Gasteiger partial charge in [0.2, 0.25) is 5.91 Å². The third kappa shape index (κ3) is 4.76. The molecule has 1 unspecified atom stereocenters. The van der Waals surface area contributed by atoms with Crippen LogP contribution in [0.5, 0.6) is 0 Å². The third-order valence-corrected chi connectivity index (χ3v) is 5.87. The van der Waals surface area contributed by atoms with Gasteiger partial charge in [-0.05, 0) is 57.4 Å². The molecule has 2 aromatic heterocycles. The number of benzene rings is 1. The largest absolute Gasteiger partial charge is 0.354 e. The van der Waals surface area contributed by atoms with Crippen LogP contribution in [0.1, 0.15) is 36.7 Å². The first-order chi connectivity index (χ1) is 15.0. The number of carbonyl (C=O) groups excluding carboxylic acids is 1. The molecule has 1 amide bonds. The average Bonchev–Trinajstić information content (AvgIpc) is 3.15. The number of piperidine rings is 1. The number of amides is 1. The molecule has 1 saturated heterocycles. The van der Waals surface area contributed by atoms with E-state index in [0.29, 0.717) is 25.5 Å². The summed E-state index contributed by atoms with van der Waals surface area (Å²) in [6, 6.07) is 16.1. The maximum atomic E-state index is 13.2. The number of aromatic nitrogens is 4. The fraction of sp³-hybridized carbons (Fsp3) is 0.417. The Hall–Kier alpha value is -3.22. The Bertz CT molecular complexity index is 1010. The first kappa shape index (κ1) is 21.0. The molecule has 1 aliphatic heterocycles. The average molecular weight is 419 g/mol. The first-order valence-corrected chi connectivity index (χ1v) is 11.0. The maximum Gasteiger partial charge on any atom is 0.227 e. The van der Waals surface area contributed by atoms with E-state index in [2.05, 4.69) is 32.3 Å². The van der Waals surface area contributed by atoms with Gasteiger partial charge in [0, 0.05) is 31.9 Å². The van der Waals surface area contributed by atoms with Crippen molar-refractivity contribution in [2.75, 3.05) is 24.5 Å². The van der Waals surface area contributed by atoms with Crippen molar-refractivity contribution in [2.45, 2.75) is 40.2 Å². The second-order valence-electron chi connectivity index (χ2n) is 8.21. The lowest BCUT2D eigenvalue weighted by Crippen LogP contribution is -2.45. The molecular formula is C24H30N6O. The van der Waals surface area contributed by atoms with E-state index >= 15 is 0 Å². The van der Waals surface area contributed by atoms with Crippen LogP contribution in [0.3, 0.4) is 0 Å². The van der Waals surface area contributed by atoms with Crippen LogP contribution in [-0.2, 0) is 11.3 Å². The Morgan fingerprint density at radius 3 is 2.48 bits per heavy atom. The van der Waals surface area contributed by atoms with Gasteiger partial charge in [-0.25, -0.2) is 4.68 Å². The van der Waals surface area contributed by atoms with Gasteiger partial charge in [0.05, 0.1) is 11.6 Å². The topological polar surface area (TPSA) is 67.2 Å². The van der Waals surface area contributed by atoms with E-state index < -0.39 is 0 Å². The molecular weight excluding hydrogens is 388 g/mol. The summed E-state index contributed by atoms with van der Waals surface area (Å²) in [5, 5.41) is 13.3. The Morgan fingerprint density at radius 2 is 1.84 bits per heavy atom. The minimum Gasteiger partial charge on any atom is -0.354 e. The van der Waals surface area contributed by atoms with Crippen molar-refractivity contribution >= 4 is 11.7 Å². The highest BCUT2D eigenvalue weighted by molar-refractivity contribution is 5.79. The smallest absolute Gasteiger partial charge is 0.227 e. The summed E-state index contributed by atoms with van der Waals surface area (Å²) in [6.45, 7) is 8.95. The van der Waals surface area contributed by atoms with Crippen LogP contribution in [0.25, 0.3) is 5.82 Å². The highest BCUT2D eigenvalue weighted by Gasteiger charge is 2.29. The predicted octanol–water partition coefficient (Wildman–Crippen LogP) is 3.54. The molecule has 0 radical (unpaired) electrons. The lowest BCUT2D eigenvalue weighted by molar-refractivity contribution is -0.136. The molecule has 0 spiro atoms. The second kappa shape index (κ2) is 9.29. The first-order valence-electron chi connectivity index (χ1n) is 11.0. The summed E-state index contributed by atoms with van der Waals surface area (Å²) < 4.78 is 1.80. The molecule has 7 heteroatoms. The monoisotopic (exact) mass is 418 g/mol. The van der Waals surface area contributed by atoms with E-state index in [0.717, 1.165) is 42.2 Å². The van der Waals surface area contributed by atoms with Gasteiger partial charge in [0.25, 0.3) is 0 Å². The third-order valence-electron chi connectivity index (χ3n) is 5.87. The quantitative estimate of drug-likeness (QED) is 0.612. The second-order valence-corrected chi connectivity index (χ2v) is 8.21. The van der Waals surface area contributed by atoms with E-state index in [1.165, 1.54) is 0 Å². The molecule has 0 aliphatic carbocycles. The molecule has 1 atom stereocenters. The fourth-order valence-corrected chi connectivity index (χ4v) is 4.26. The maximum absolute atomic E-state index is 13.2. The normalized spacial score (nSPS) is 16.4. The van der Waals surface area contributed by atoms with Crippen LogP contribution in [0.15, 0.2) is 48.5 Å². The number of hydrogen-bond donors (Lipinski definition) is 0. The molecule has 0 bridgehead atoms. The number of nitrogens with zero attached hydrogens (tertiary/aromatic N) is 6.